The van der Waals surface area contributed by atoms with Crippen molar-refractivity contribution in [1.82, 2.24) is 4.98 Å². The minimum Gasteiger partial charge on any atom is -0.455 e. The van der Waals surface area contributed by atoms with E-state index in [2.05, 4.69) is 4.98 Å². The van der Waals surface area contributed by atoms with Gasteiger partial charge in [-0.25, -0.2) is 0 Å². The van der Waals surface area contributed by atoms with Crippen LogP contribution in [0.1, 0.15) is 27.0 Å². The zero-order valence-electron chi connectivity index (χ0n) is 14.2. The van der Waals surface area contributed by atoms with E-state index in [1.165, 1.54) is 6.08 Å². The van der Waals surface area contributed by atoms with E-state index in [1.54, 1.807) is 42.7 Å². The number of rotatable bonds is 5. The highest BCUT2D eigenvalue weighted by molar-refractivity contribution is 6.07. The largest absolute Gasteiger partial charge is 0.455 e. The molecule has 0 aliphatic carbocycles. The van der Waals surface area contributed by atoms with E-state index in [4.69, 9.17) is 10.00 Å². The number of allylic oxidation sites excluding steroid dienone is 1. The maximum atomic E-state index is 12.3. The van der Waals surface area contributed by atoms with Crippen LogP contribution in [-0.2, 0) is 0 Å². The Kier molecular flexibility index (Phi) is 5.21. The van der Waals surface area contributed by atoms with Crippen LogP contribution in [-0.4, -0.2) is 10.8 Å². The number of nitrogens with zero attached hydrogens (tertiary/aromatic N) is 2. The summed E-state index contributed by atoms with van der Waals surface area (Å²) >= 11 is 0. The van der Waals surface area contributed by atoms with E-state index in [-0.39, 0.29) is 5.78 Å². The van der Waals surface area contributed by atoms with Gasteiger partial charge in [-0.1, -0.05) is 24.3 Å². The molecule has 4 nitrogen and oxygen atoms in total. The van der Waals surface area contributed by atoms with Crippen LogP contribution in [0.25, 0.3) is 6.08 Å². The highest BCUT2D eigenvalue weighted by atomic mass is 16.5. The molecule has 0 saturated carbocycles. The minimum atomic E-state index is -0.143. The van der Waals surface area contributed by atoms with Crippen molar-refractivity contribution in [3.8, 4) is 17.6 Å². The smallest absolute Gasteiger partial charge is 0.185 e. The average Bonchev–Trinajstić information content (AvgIpc) is 2.69. The third-order valence-electron chi connectivity index (χ3n) is 3.76. The number of nitriles is 1. The van der Waals surface area contributed by atoms with Crippen LogP contribution in [0.15, 0.2) is 73.1 Å². The van der Waals surface area contributed by atoms with Crippen molar-refractivity contribution >= 4 is 11.9 Å². The quantitative estimate of drug-likeness (QED) is 0.487. The van der Waals surface area contributed by atoms with Gasteiger partial charge in [0, 0.05) is 11.8 Å². The van der Waals surface area contributed by atoms with Crippen molar-refractivity contribution in [2.45, 2.75) is 6.92 Å². The highest BCUT2D eigenvalue weighted by Crippen LogP contribution is 2.25. The molecular weight excluding hydrogens is 324 g/mol. The topological polar surface area (TPSA) is 63.0 Å². The Hall–Kier alpha value is -3.71. The maximum Gasteiger partial charge on any atom is 0.185 e. The van der Waals surface area contributed by atoms with Gasteiger partial charge in [-0.15, -0.1) is 0 Å². The zero-order valence-corrected chi connectivity index (χ0v) is 14.2. The van der Waals surface area contributed by atoms with E-state index in [0.717, 1.165) is 16.9 Å². The monoisotopic (exact) mass is 340 g/mol. The van der Waals surface area contributed by atoms with E-state index >= 15 is 0 Å². The number of ether oxygens (including phenoxy) is 1. The van der Waals surface area contributed by atoms with Gasteiger partial charge in [0.1, 0.15) is 11.5 Å². The van der Waals surface area contributed by atoms with Crippen LogP contribution in [0, 0.1) is 18.3 Å². The normalized spacial score (nSPS) is 10.5. The molecule has 3 rings (SSSR count). The van der Waals surface area contributed by atoms with Gasteiger partial charge in [-0.3, -0.25) is 9.78 Å². The molecule has 0 N–H and O–H groups in total. The molecule has 0 bridgehead atoms. The van der Waals surface area contributed by atoms with Crippen LogP contribution in [0.3, 0.4) is 0 Å². The predicted molar refractivity (Wildman–Crippen MR) is 100 cm³/mol. The number of aromatic nitrogens is 1. The van der Waals surface area contributed by atoms with E-state index < -0.39 is 0 Å². The van der Waals surface area contributed by atoms with Gasteiger partial charge >= 0.3 is 0 Å². The molecule has 0 fully saturated rings. The first-order valence-corrected chi connectivity index (χ1v) is 8.07. The Balaban J connectivity index is 1.74. The second-order valence-electron chi connectivity index (χ2n) is 5.71. The molecule has 1 heterocycles. The summed E-state index contributed by atoms with van der Waals surface area (Å²) < 4.78 is 5.80. The lowest BCUT2D eigenvalue weighted by molar-refractivity contribution is 0.104. The molecule has 126 valence electrons. The van der Waals surface area contributed by atoms with E-state index in [1.807, 2.05) is 43.3 Å². The Bertz CT molecular complexity index is 1000. The number of benzene rings is 2. The molecular formula is C22H16N2O2. The molecule has 0 unspecified atom stereocenters. The summed E-state index contributed by atoms with van der Waals surface area (Å²) in [4.78, 5) is 16.3. The third kappa shape index (κ3) is 4.22. The van der Waals surface area contributed by atoms with Crippen LogP contribution in [0.5, 0.6) is 11.5 Å². The molecule has 4 heteroatoms. The Morgan fingerprint density at radius 3 is 2.77 bits per heavy atom. The minimum absolute atomic E-state index is 0.143. The molecule has 1 aromatic heterocycles. The van der Waals surface area contributed by atoms with Gasteiger partial charge in [0.25, 0.3) is 0 Å². The lowest BCUT2D eigenvalue weighted by atomic mass is 10.1. The molecule has 0 aliphatic heterocycles. The molecule has 0 aliphatic rings. The van der Waals surface area contributed by atoms with Crippen LogP contribution >= 0.6 is 0 Å². The molecule has 0 saturated heterocycles. The summed E-state index contributed by atoms with van der Waals surface area (Å²) in [6.07, 6.45) is 6.60. The van der Waals surface area contributed by atoms with Crippen molar-refractivity contribution in [3.63, 3.8) is 0 Å². The summed E-state index contributed by atoms with van der Waals surface area (Å²) in [6, 6.07) is 18.0. The summed E-state index contributed by atoms with van der Waals surface area (Å²) in [5.41, 5.74) is 2.81. The second kappa shape index (κ2) is 7.91. The van der Waals surface area contributed by atoms with Gasteiger partial charge in [0.15, 0.2) is 5.78 Å². The fourth-order valence-corrected chi connectivity index (χ4v) is 2.44. The molecule has 0 spiro atoms. The van der Waals surface area contributed by atoms with Crippen molar-refractivity contribution in [2.24, 2.45) is 0 Å². The fourth-order valence-electron chi connectivity index (χ4n) is 2.44. The second-order valence-corrected chi connectivity index (χ2v) is 5.71. The first-order valence-electron chi connectivity index (χ1n) is 8.07. The third-order valence-corrected chi connectivity index (χ3v) is 3.76. The summed E-state index contributed by atoms with van der Waals surface area (Å²) in [5.74, 6) is 1.27. The molecule has 0 amide bonds. The van der Waals surface area contributed by atoms with Crippen molar-refractivity contribution in [3.05, 3.63) is 95.3 Å². The van der Waals surface area contributed by atoms with Crippen LogP contribution < -0.4 is 4.74 Å². The van der Waals surface area contributed by atoms with E-state index in [0.29, 0.717) is 16.9 Å². The number of hydrogen-bond donors (Lipinski definition) is 0. The van der Waals surface area contributed by atoms with Crippen molar-refractivity contribution in [2.75, 3.05) is 0 Å². The highest BCUT2D eigenvalue weighted by Gasteiger charge is 2.04. The van der Waals surface area contributed by atoms with Gasteiger partial charge in [0.2, 0.25) is 0 Å². The van der Waals surface area contributed by atoms with Gasteiger partial charge in [-0.05, 0) is 60.5 Å². The molecule has 26 heavy (non-hydrogen) atoms. The molecule has 0 atom stereocenters. The first kappa shape index (κ1) is 17.1. The Labute approximate surface area is 152 Å². The molecule has 3 aromatic rings. The van der Waals surface area contributed by atoms with Gasteiger partial charge in [0.05, 0.1) is 17.8 Å². The fraction of sp³-hybridized carbons (Fsp3) is 0.0455. The van der Waals surface area contributed by atoms with Gasteiger partial charge in [-0.2, -0.15) is 5.26 Å². The van der Waals surface area contributed by atoms with Crippen LogP contribution in [0.2, 0.25) is 0 Å². The number of hydrogen-bond acceptors (Lipinski definition) is 4. The number of aryl methyl sites for hydroxylation is 1. The number of carbonyl (C=O) groups excluding carboxylic acids is 1. The summed E-state index contributed by atoms with van der Waals surface area (Å²) in [5, 5.41) is 8.92. The zero-order chi connectivity index (χ0) is 18.4. The molecule has 0 radical (unpaired) electrons. The standard InChI is InChI=1S/C22H16N2O2/c1-16-12-17(8-10-22(16)26-20-6-3-11-24-15-20)7-9-21(25)19-5-2-4-18(13-19)14-23/h2-13,15H,1H3/b9-7+. The lowest BCUT2D eigenvalue weighted by Gasteiger charge is -2.08. The molecule has 2 aromatic carbocycles. The Morgan fingerprint density at radius 1 is 1.15 bits per heavy atom. The van der Waals surface area contributed by atoms with Crippen LogP contribution in [0.4, 0.5) is 0 Å². The number of pyridine rings is 1. The number of carbonyl (C=O) groups is 1. The first-order chi connectivity index (χ1) is 12.7. The average molecular weight is 340 g/mol. The summed E-state index contributed by atoms with van der Waals surface area (Å²) in [6.45, 7) is 1.95. The maximum absolute atomic E-state index is 12.3. The Morgan fingerprint density at radius 2 is 2.04 bits per heavy atom. The summed E-state index contributed by atoms with van der Waals surface area (Å²) in [7, 11) is 0. The van der Waals surface area contributed by atoms with Crippen molar-refractivity contribution in [1.29, 1.82) is 5.26 Å². The van der Waals surface area contributed by atoms with Gasteiger partial charge < -0.3 is 4.74 Å². The van der Waals surface area contributed by atoms with Crippen molar-refractivity contribution < 1.29 is 9.53 Å². The lowest BCUT2D eigenvalue weighted by Crippen LogP contribution is -1.94. The van der Waals surface area contributed by atoms with E-state index in [9.17, 15) is 4.79 Å². The predicted octanol–water partition coefficient (Wildman–Crippen LogP) is 4.95. The SMILES string of the molecule is Cc1cc(/C=C/C(=O)c2cccc(C#N)c2)ccc1Oc1cccnc1. The number of ketones is 1.